The van der Waals surface area contributed by atoms with Gasteiger partial charge >= 0.3 is 0 Å². The fourth-order valence-corrected chi connectivity index (χ4v) is 4.28. The Kier molecular flexibility index (Phi) is 8.11. The Hall–Kier alpha value is -1.02. The van der Waals surface area contributed by atoms with Gasteiger partial charge in [-0.3, -0.25) is 4.79 Å². The number of hydrogen-bond donors (Lipinski definition) is 2. The monoisotopic (exact) mass is 374 g/mol. The van der Waals surface area contributed by atoms with Crippen LogP contribution in [0.15, 0.2) is 26.7 Å². The van der Waals surface area contributed by atoms with Crippen molar-refractivity contribution in [1.29, 1.82) is 0 Å². The van der Waals surface area contributed by atoms with Crippen LogP contribution in [0, 0.1) is 0 Å². The third-order valence-corrected chi connectivity index (χ3v) is 5.45. The normalized spacial score (nSPS) is 14.1. The topological polar surface area (TPSA) is 85.2 Å². The molecular formula is C15H23ClN4OS2. The maximum absolute atomic E-state index is 12.5. The van der Waals surface area contributed by atoms with Crippen LogP contribution in [0.3, 0.4) is 0 Å². The molecule has 1 aromatic heterocycles. The maximum Gasteiger partial charge on any atom is 0.286 e. The minimum Gasteiger partial charge on any atom is -0.382 e. The van der Waals surface area contributed by atoms with Crippen LogP contribution in [0.5, 0.6) is 0 Å². The van der Waals surface area contributed by atoms with Crippen molar-refractivity contribution >= 4 is 46.4 Å². The van der Waals surface area contributed by atoms with Gasteiger partial charge in [0.15, 0.2) is 4.34 Å². The van der Waals surface area contributed by atoms with Gasteiger partial charge in [-0.2, -0.15) is 0 Å². The average molecular weight is 375 g/mol. The number of nitrogens with zero attached hydrogens (tertiary/aromatic N) is 2. The van der Waals surface area contributed by atoms with Crippen LogP contribution in [0.4, 0.5) is 5.82 Å². The van der Waals surface area contributed by atoms with E-state index in [-0.39, 0.29) is 11.7 Å². The molecule has 0 fully saturated rings. The number of rotatable bonds is 4. The minimum atomic E-state index is -0.379. The maximum atomic E-state index is 12.5. The molecule has 5 nitrogen and oxygen atoms in total. The van der Waals surface area contributed by atoms with Gasteiger partial charge in [-0.15, -0.1) is 11.3 Å². The van der Waals surface area contributed by atoms with Crippen LogP contribution in [0.2, 0.25) is 0 Å². The van der Waals surface area contributed by atoms with Crippen molar-refractivity contribution in [3.63, 3.8) is 0 Å². The number of carbonyl (C=O) groups is 1. The zero-order chi connectivity index (χ0) is 17.6. The molecule has 0 saturated heterocycles. The summed E-state index contributed by atoms with van der Waals surface area (Å²) in [6.45, 7) is 7.90. The molecule has 1 aliphatic carbocycles. The van der Waals surface area contributed by atoms with Crippen molar-refractivity contribution < 1.29 is 4.79 Å². The van der Waals surface area contributed by atoms with Gasteiger partial charge in [-0.1, -0.05) is 50.2 Å². The summed E-state index contributed by atoms with van der Waals surface area (Å²) in [5.74, 6) is 6.68. The van der Waals surface area contributed by atoms with Crippen molar-refractivity contribution in [1.82, 2.24) is 9.99 Å². The molecule has 0 radical (unpaired) electrons. The zero-order valence-electron chi connectivity index (χ0n) is 13.9. The molecule has 2 rings (SSSR count). The molecule has 0 saturated carbocycles. The average Bonchev–Trinajstić information content (AvgIpc) is 2.89. The summed E-state index contributed by atoms with van der Waals surface area (Å²) >= 11 is 9.02. The summed E-state index contributed by atoms with van der Waals surface area (Å²) in [5, 5.41) is 1.68. The summed E-state index contributed by atoms with van der Waals surface area (Å²) in [6, 6.07) is 0. The first-order chi connectivity index (χ1) is 11.0. The Morgan fingerprint density at radius 1 is 1.52 bits per heavy atom. The van der Waals surface area contributed by atoms with Crippen molar-refractivity contribution in [2.45, 2.75) is 44.9 Å². The summed E-state index contributed by atoms with van der Waals surface area (Å²) in [6.07, 6.45) is 3.56. The number of hydrazine groups is 1. The number of halogens is 1. The minimum absolute atomic E-state index is 0.213. The number of amides is 1. The molecule has 0 spiro atoms. The van der Waals surface area contributed by atoms with Crippen molar-refractivity contribution in [2.24, 2.45) is 5.84 Å². The number of aromatic nitrogens is 1. The number of thioether (sulfide) groups is 1. The van der Waals surface area contributed by atoms with E-state index in [2.05, 4.69) is 4.98 Å². The van der Waals surface area contributed by atoms with Gasteiger partial charge in [-0.25, -0.2) is 15.8 Å². The highest BCUT2D eigenvalue weighted by atomic mass is 35.5. The van der Waals surface area contributed by atoms with E-state index in [1.54, 1.807) is 11.8 Å². The first kappa shape index (κ1) is 20.0. The Morgan fingerprint density at radius 2 is 2.17 bits per heavy atom. The molecule has 1 aromatic rings. The highest BCUT2D eigenvalue weighted by Crippen LogP contribution is 2.33. The van der Waals surface area contributed by atoms with E-state index < -0.39 is 0 Å². The second kappa shape index (κ2) is 9.32. The van der Waals surface area contributed by atoms with Gasteiger partial charge in [0, 0.05) is 5.03 Å². The lowest BCUT2D eigenvalue weighted by Crippen LogP contribution is -2.38. The quantitative estimate of drug-likeness (QED) is 0.353. The number of nitrogens with two attached hydrogens (primary N) is 2. The molecular weight excluding hydrogens is 352 g/mol. The number of allylic oxidation sites excluding steroid dienone is 3. The number of nitrogen functional groups attached to an aromatic ring is 1. The smallest absolute Gasteiger partial charge is 0.286 e. The highest BCUT2D eigenvalue weighted by molar-refractivity contribution is 8.01. The Bertz CT molecular complexity index is 625. The first-order valence-corrected chi connectivity index (χ1v) is 9.67. The third kappa shape index (κ3) is 4.73. The Balaban J connectivity index is 0.00000127. The second-order valence-electron chi connectivity index (χ2n) is 4.48. The van der Waals surface area contributed by atoms with Gasteiger partial charge in [0.2, 0.25) is 0 Å². The molecule has 128 valence electrons. The predicted molar refractivity (Wildman–Crippen MR) is 100 cm³/mol. The zero-order valence-corrected chi connectivity index (χ0v) is 16.2. The lowest BCUT2D eigenvalue weighted by atomic mass is 10.0. The molecule has 1 aliphatic rings. The number of carbonyl (C=O) groups excluding carboxylic acids is 1. The fourth-order valence-electron chi connectivity index (χ4n) is 2.03. The van der Waals surface area contributed by atoms with Crippen molar-refractivity contribution in [2.75, 3.05) is 11.5 Å². The molecule has 1 amide bonds. The van der Waals surface area contributed by atoms with Gasteiger partial charge in [0.25, 0.3) is 5.91 Å². The molecule has 0 aliphatic heterocycles. The Morgan fingerprint density at radius 3 is 2.74 bits per heavy atom. The van der Waals surface area contributed by atoms with E-state index >= 15 is 0 Å². The van der Waals surface area contributed by atoms with E-state index in [1.807, 2.05) is 33.8 Å². The number of anilines is 1. The summed E-state index contributed by atoms with van der Waals surface area (Å²) < 4.78 is 0.766. The highest BCUT2D eigenvalue weighted by Gasteiger charge is 2.26. The standard InChI is InChI=1S/C13H17ClN4OS2.C2H6/c1-3-20-13-17-11(15)10(21-13)12(19)18(16)9-7(2)5-4-6-8(9)14;1-2/h5H,3-4,6,15-16H2,1-2H3;1-2H3. The van der Waals surface area contributed by atoms with Gasteiger partial charge < -0.3 is 5.73 Å². The van der Waals surface area contributed by atoms with Crippen LogP contribution in [0.1, 0.15) is 50.2 Å². The molecule has 4 N–H and O–H groups in total. The number of hydrogen-bond acceptors (Lipinski definition) is 6. The Labute approximate surface area is 150 Å². The van der Waals surface area contributed by atoms with Crippen molar-refractivity contribution in [3.05, 3.63) is 27.3 Å². The van der Waals surface area contributed by atoms with Crippen LogP contribution >= 0.6 is 34.7 Å². The third-order valence-electron chi connectivity index (χ3n) is 3.00. The SMILES string of the molecule is CC.CCSc1nc(N)c(C(=O)N(N)C2=C(Cl)CCC=C2C)s1. The van der Waals surface area contributed by atoms with Gasteiger partial charge in [0.05, 0.1) is 5.70 Å². The second-order valence-corrected chi connectivity index (χ2v) is 7.45. The lowest BCUT2D eigenvalue weighted by molar-refractivity contribution is 0.0812. The summed E-state index contributed by atoms with van der Waals surface area (Å²) in [4.78, 5) is 17.1. The molecule has 23 heavy (non-hydrogen) atoms. The van der Waals surface area contributed by atoms with Gasteiger partial charge in [0.1, 0.15) is 10.7 Å². The lowest BCUT2D eigenvalue weighted by Gasteiger charge is -2.24. The predicted octanol–water partition coefficient (Wildman–Crippen LogP) is 4.37. The summed E-state index contributed by atoms with van der Waals surface area (Å²) in [7, 11) is 0. The molecule has 0 bridgehead atoms. The first-order valence-electron chi connectivity index (χ1n) is 7.49. The summed E-state index contributed by atoms with van der Waals surface area (Å²) in [5.41, 5.74) is 7.29. The number of thiazole rings is 1. The van der Waals surface area contributed by atoms with Crippen LogP contribution in [0.25, 0.3) is 0 Å². The van der Waals surface area contributed by atoms with Crippen LogP contribution < -0.4 is 11.6 Å². The van der Waals surface area contributed by atoms with E-state index in [1.165, 1.54) is 11.3 Å². The molecule has 0 unspecified atom stereocenters. The van der Waals surface area contributed by atoms with Crippen molar-refractivity contribution in [3.8, 4) is 0 Å². The van der Waals surface area contributed by atoms with Crippen LogP contribution in [-0.4, -0.2) is 21.7 Å². The molecule has 8 heteroatoms. The fraction of sp³-hybridized carbons (Fsp3) is 0.467. The molecule has 1 heterocycles. The van der Waals surface area contributed by atoms with Crippen LogP contribution in [-0.2, 0) is 0 Å². The molecule has 0 aromatic carbocycles. The molecule has 0 atom stereocenters. The van der Waals surface area contributed by atoms with E-state index in [0.29, 0.717) is 22.0 Å². The van der Waals surface area contributed by atoms with E-state index in [4.69, 9.17) is 23.2 Å². The van der Waals surface area contributed by atoms with E-state index in [9.17, 15) is 4.79 Å². The van der Waals surface area contributed by atoms with E-state index in [0.717, 1.165) is 27.1 Å². The largest absolute Gasteiger partial charge is 0.382 e. The van der Waals surface area contributed by atoms with Gasteiger partial charge in [-0.05, 0) is 31.1 Å².